The maximum absolute atomic E-state index is 13.0. The van der Waals surface area contributed by atoms with Crippen molar-refractivity contribution in [2.45, 2.75) is 142 Å². The normalized spacial score (nSPS) is 54.8. The molecule has 0 aromatic rings. The van der Waals surface area contributed by atoms with Gasteiger partial charge in [0.25, 0.3) is 0 Å². The van der Waals surface area contributed by atoms with Crippen LogP contribution in [-0.2, 0) is 14.3 Å². The summed E-state index contributed by atoms with van der Waals surface area (Å²) in [4.78, 5) is 13.0. The molecule has 1 saturated heterocycles. The highest BCUT2D eigenvalue weighted by Gasteiger charge is 2.70. The van der Waals surface area contributed by atoms with Crippen molar-refractivity contribution in [2.75, 3.05) is 13.2 Å². The highest BCUT2D eigenvalue weighted by molar-refractivity contribution is 5.77. The average molecular weight is 651 g/mol. The number of ether oxygens (including phenoxy) is 2. The summed E-state index contributed by atoms with van der Waals surface area (Å²) in [5.74, 6) is -0.507. The third-order valence-corrected chi connectivity index (χ3v) is 15.5. The van der Waals surface area contributed by atoms with Gasteiger partial charge >= 0.3 is 5.97 Å². The van der Waals surface area contributed by atoms with E-state index in [1.54, 1.807) is 0 Å². The first kappa shape index (κ1) is 34.7. The molecule has 6 aliphatic rings. The molecule has 6 rings (SSSR count). The third kappa shape index (κ3) is 4.53. The number of hydrogen-bond donors (Lipinski definition) is 7. The lowest BCUT2D eigenvalue weighted by molar-refractivity contribution is -0.333. The molecule has 0 bridgehead atoms. The van der Waals surface area contributed by atoms with Gasteiger partial charge in [-0.1, -0.05) is 53.2 Å². The summed E-state index contributed by atoms with van der Waals surface area (Å²) >= 11 is 0. The second kappa shape index (κ2) is 11.2. The number of aliphatic carboxylic acids is 1. The van der Waals surface area contributed by atoms with E-state index in [0.29, 0.717) is 25.2 Å². The number of fused-ring (bicyclic) bond motifs is 7. The Kier molecular flexibility index (Phi) is 8.46. The molecule has 0 amide bonds. The van der Waals surface area contributed by atoms with Crippen LogP contribution in [0.25, 0.3) is 0 Å². The molecule has 262 valence electrons. The van der Waals surface area contributed by atoms with E-state index in [1.807, 2.05) is 0 Å². The first-order valence-corrected chi connectivity index (χ1v) is 17.5. The van der Waals surface area contributed by atoms with Gasteiger partial charge in [-0.05, 0) is 97.2 Å². The standard InChI is InChI=1S/C36H58O10/c1-31(2)15-20-19-7-8-23-32(3)11-10-25(46-29-28(42)27(41)26(40)21(17-37)45-29)33(4,18-38)22(32)9-12-35(23,6)34(19,5)13-14-36(20,30(43)44)16-24(31)39/h7,20-29,37-42H,8-18H2,1-6H3,(H,43,44)/t20-,21-,22+,23-,24+,25-,26-,27+,28-,29+,32-,33+,34-,35-,36-/m1/s1. The van der Waals surface area contributed by atoms with Crippen LogP contribution in [0.2, 0.25) is 0 Å². The number of aliphatic hydroxyl groups is 6. The van der Waals surface area contributed by atoms with Gasteiger partial charge < -0.3 is 45.2 Å². The number of aliphatic hydroxyl groups excluding tert-OH is 6. The lowest BCUT2D eigenvalue weighted by Gasteiger charge is -2.71. The zero-order valence-electron chi connectivity index (χ0n) is 28.5. The Morgan fingerprint density at radius 1 is 0.891 bits per heavy atom. The van der Waals surface area contributed by atoms with Gasteiger partial charge in [0.2, 0.25) is 0 Å². The van der Waals surface area contributed by atoms with Crippen molar-refractivity contribution in [1.29, 1.82) is 0 Å². The Bertz CT molecular complexity index is 1240. The molecule has 4 saturated carbocycles. The summed E-state index contributed by atoms with van der Waals surface area (Å²) in [6.07, 6.45) is 0.758. The van der Waals surface area contributed by atoms with Gasteiger partial charge in [0.1, 0.15) is 24.4 Å². The zero-order chi connectivity index (χ0) is 33.8. The van der Waals surface area contributed by atoms with Gasteiger partial charge in [-0.3, -0.25) is 4.79 Å². The van der Waals surface area contributed by atoms with Crippen molar-refractivity contribution in [1.82, 2.24) is 0 Å². The minimum absolute atomic E-state index is 0.0888. The Morgan fingerprint density at radius 2 is 1.59 bits per heavy atom. The fourth-order valence-electron chi connectivity index (χ4n) is 12.2. The van der Waals surface area contributed by atoms with Crippen molar-refractivity contribution >= 4 is 5.97 Å². The van der Waals surface area contributed by atoms with Crippen LogP contribution >= 0.6 is 0 Å². The largest absolute Gasteiger partial charge is 0.481 e. The van der Waals surface area contributed by atoms with Crippen LogP contribution in [0.1, 0.15) is 99.3 Å². The van der Waals surface area contributed by atoms with Gasteiger partial charge in [0.15, 0.2) is 6.29 Å². The molecule has 1 heterocycles. The number of rotatable bonds is 5. The van der Waals surface area contributed by atoms with E-state index in [4.69, 9.17) is 9.47 Å². The smallest absolute Gasteiger partial charge is 0.310 e. The fraction of sp³-hybridized carbons (Fsp3) is 0.917. The van der Waals surface area contributed by atoms with E-state index < -0.39 is 66.3 Å². The Morgan fingerprint density at radius 3 is 2.22 bits per heavy atom. The molecule has 10 nitrogen and oxygen atoms in total. The molecule has 15 atom stereocenters. The molecule has 46 heavy (non-hydrogen) atoms. The van der Waals surface area contributed by atoms with Crippen molar-refractivity contribution < 1.29 is 50.0 Å². The van der Waals surface area contributed by atoms with Gasteiger partial charge in [0, 0.05) is 5.41 Å². The summed E-state index contributed by atoms with van der Waals surface area (Å²) in [5, 5.41) is 73.8. The molecule has 1 aliphatic heterocycles. The third-order valence-electron chi connectivity index (χ3n) is 15.5. The van der Waals surface area contributed by atoms with Gasteiger partial charge in [-0.15, -0.1) is 0 Å². The molecule has 0 spiro atoms. The zero-order valence-corrected chi connectivity index (χ0v) is 28.5. The average Bonchev–Trinajstić information content (AvgIpc) is 2.99. The summed E-state index contributed by atoms with van der Waals surface area (Å²) in [7, 11) is 0. The molecular weight excluding hydrogens is 592 g/mol. The summed E-state index contributed by atoms with van der Waals surface area (Å²) < 4.78 is 12.1. The van der Waals surface area contributed by atoms with Gasteiger partial charge in [-0.25, -0.2) is 0 Å². The monoisotopic (exact) mass is 650 g/mol. The SMILES string of the molecule is CC1(C)C[C@@H]2C3=CC[C@@H]4[C@]5(C)CC[C@@H](O[C@@H]6O[C@H](CO)[C@@H](O)[C@H](O)[C@H]6O)[C@@](C)(CO)[C@H]5CC[C@@]4(C)[C@]3(C)CC[C@@]2(C(=O)O)C[C@@H]1O. The van der Waals surface area contributed by atoms with E-state index in [2.05, 4.69) is 47.6 Å². The Hall–Kier alpha value is -1.11. The Balaban J connectivity index is 1.32. The van der Waals surface area contributed by atoms with Crippen molar-refractivity contribution in [3.63, 3.8) is 0 Å². The number of carboxylic acid groups (broad SMARTS) is 1. The topological polar surface area (TPSA) is 177 Å². The van der Waals surface area contributed by atoms with Gasteiger partial charge in [-0.2, -0.15) is 0 Å². The van der Waals surface area contributed by atoms with E-state index in [9.17, 15) is 40.5 Å². The lowest BCUT2D eigenvalue weighted by atomic mass is 9.33. The predicted molar refractivity (Wildman–Crippen MR) is 168 cm³/mol. The quantitative estimate of drug-likeness (QED) is 0.173. The minimum Gasteiger partial charge on any atom is -0.481 e. The Labute approximate surface area is 273 Å². The van der Waals surface area contributed by atoms with Crippen molar-refractivity contribution in [2.24, 2.45) is 50.2 Å². The summed E-state index contributed by atoms with van der Waals surface area (Å²) in [6, 6.07) is 0. The molecular formula is C36H58O10. The molecule has 5 aliphatic carbocycles. The van der Waals surface area contributed by atoms with Crippen molar-refractivity contribution in [3.8, 4) is 0 Å². The van der Waals surface area contributed by atoms with Crippen LogP contribution < -0.4 is 0 Å². The number of allylic oxidation sites excluding steroid dienone is 2. The number of carbonyl (C=O) groups is 1. The molecule has 0 aromatic carbocycles. The molecule has 0 aromatic heterocycles. The van der Waals surface area contributed by atoms with E-state index >= 15 is 0 Å². The number of hydrogen-bond acceptors (Lipinski definition) is 9. The number of carboxylic acids is 1. The molecule has 5 fully saturated rings. The highest BCUT2D eigenvalue weighted by Crippen LogP contribution is 2.76. The maximum Gasteiger partial charge on any atom is 0.310 e. The van der Waals surface area contributed by atoms with Crippen LogP contribution in [-0.4, -0.2) is 97.8 Å². The second-order valence-corrected chi connectivity index (χ2v) is 17.7. The second-order valence-electron chi connectivity index (χ2n) is 17.7. The fourth-order valence-corrected chi connectivity index (χ4v) is 12.2. The minimum atomic E-state index is -1.53. The van der Waals surface area contributed by atoms with Crippen LogP contribution in [0.5, 0.6) is 0 Å². The van der Waals surface area contributed by atoms with Crippen molar-refractivity contribution in [3.05, 3.63) is 11.6 Å². The molecule has 0 radical (unpaired) electrons. The van der Waals surface area contributed by atoms with E-state index in [1.165, 1.54) is 5.57 Å². The first-order chi connectivity index (χ1) is 21.4. The first-order valence-electron chi connectivity index (χ1n) is 17.5. The molecule has 10 heteroatoms. The van der Waals surface area contributed by atoms with Crippen LogP contribution in [0.15, 0.2) is 11.6 Å². The van der Waals surface area contributed by atoms with Crippen LogP contribution in [0, 0.1) is 50.2 Å². The summed E-state index contributed by atoms with van der Waals surface area (Å²) in [6.45, 7) is 12.7. The molecule has 0 unspecified atom stereocenters. The van der Waals surface area contributed by atoms with E-state index in [0.717, 1.165) is 32.1 Å². The summed E-state index contributed by atoms with van der Waals surface area (Å²) in [5.41, 5.74) is -1.13. The van der Waals surface area contributed by atoms with E-state index in [-0.39, 0.29) is 46.5 Å². The van der Waals surface area contributed by atoms with Crippen LogP contribution in [0.4, 0.5) is 0 Å². The van der Waals surface area contributed by atoms with Gasteiger partial charge in [0.05, 0.1) is 30.8 Å². The lowest BCUT2D eigenvalue weighted by Crippen LogP contribution is -2.67. The highest BCUT2D eigenvalue weighted by atomic mass is 16.7. The molecule has 7 N–H and O–H groups in total. The predicted octanol–water partition coefficient (Wildman–Crippen LogP) is 3.00. The van der Waals surface area contributed by atoms with Crippen LogP contribution in [0.3, 0.4) is 0 Å². The maximum atomic E-state index is 13.0.